The van der Waals surface area contributed by atoms with Gasteiger partial charge < -0.3 is 15.5 Å². The van der Waals surface area contributed by atoms with Crippen LogP contribution >= 0.6 is 0 Å². The standard InChI is InChI=1S/C20H23N3O2/c1-14-4-3-5-16(12-14)17-10-11-23(13-17)20(25)22-18-8-6-15(7-9-18)19(24)21-2/h3-9,12,17H,10-11,13H2,1-2H3,(H,21,24)(H,22,25). The lowest BCUT2D eigenvalue weighted by Gasteiger charge is -2.18. The van der Waals surface area contributed by atoms with Crippen LogP contribution in [-0.2, 0) is 0 Å². The number of nitrogens with one attached hydrogen (secondary N) is 2. The van der Waals surface area contributed by atoms with Gasteiger partial charge in [0.2, 0.25) is 0 Å². The van der Waals surface area contributed by atoms with Gasteiger partial charge in [0.05, 0.1) is 0 Å². The Labute approximate surface area is 148 Å². The predicted octanol–water partition coefficient (Wildman–Crippen LogP) is 3.38. The highest BCUT2D eigenvalue weighted by molar-refractivity contribution is 5.95. The van der Waals surface area contributed by atoms with Crippen LogP contribution < -0.4 is 10.6 Å². The molecule has 5 heteroatoms. The van der Waals surface area contributed by atoms with Crippen molar-refractivity contribution in [2.24, 2.45) is 0 Å². The number of nitrogens with zero attached hydrogens (tertiary/aromatic N) is 1. The summed E-state index contributed by atoms with van der Waals surface area (Å²) in [6.45, 7) is 3.57. The molecule has 1 unspecified atom stereocenters. The molecule has 130 valence electrons. The molecule has 0 saturated carbocycles. The summed E-state index contributed by atoms with van der Waals surface area (Å²) in [5.74, 6) is 0.250. The van der Waals surface area contributed by atoms with E-state index < -0.39 is 0 Å². The number of carbonyl (C=O) groups excluding carboxylic acids is 2. The molecule has 3 amide bonds. The Hall–Kier alpha value is -2.82. The van der Waals surface area contributed by atoms with Crippen LogP contribution in [0.4, 0.5) is 10.5 Å². The molecular weight excluding hydrogens is 314 g/mol. The van der Waals surface area contributed by atoms with Crippen molar-refractivity contribution in [3.63, 3.8) is 0 Å². The smallest absolute Gasteiger partial charge is 0.321 e. The zero-order chi connectivity index (χ0) is 17.8. The normalized spacial score (nSPS) is 16.6. The van der Waals surface area contributed by atoms with Crippen molar-refractivity contribution in [2.75, 3.05) is 25.5 Å². The number of carbonyl (C=O) groups is 2. The number of aryl methyl sites for hydroxylation is 1. The van der Waals surface area contributed by atoms with Crippen LogP contribution in [0.5, 0.6) is 0 Å². The van der Waals surface area contributed by atoms with Gasteiger partial charge in [-0.25, -0.2) is 4.79 Å². The van der Waals surface area contributed by atoms with E-state index in [1.165, 1.54) is 11.1 Å². The molecule has 0 radical (unpaired) electrons. The van der Waals surface area contributed by atoms with Gasteiger partial charge in [-0.05, 0) is 43.2 Å². The molecule has 3 rings (SSSR count). The maximum atomic E-state index is 12.5. The van der Waals surface area contributed by atoms with Crippen LogP contribution in [0.2, 0.25) is 0 Å². The van der Waals surface area contributed by atoms with Crippen LogP contribution in [0, 0.1) is 6.92 Å². The fourth-order valence-corrected chi connectivity index (χ4v) is 3.19. The lowest BCUT2D eigenvalue weighted by atomic mass is 9.97. The van der Waals surface area contributed by atoms with E-state index in [9.17, 15) is 9.59 Å². The Balaban J connectivity index is 1.60. The van der Waals surface area contributed by atoms with E-state index in [1.54, 1.807) is 31.3 Å². The second kappa shape index (κ2) is 7.38. The van der Waals surface area contributed by atoms with Crippen LogP contribution in [0.3, 0.4) is 0 Å². The van der Waals surface area contributed by atoms with Gasteiger partial charge in [-0.2, -0.15) is 0 Å². The van der Waals surface area contributed by atoms with E-state index in [-0.39, 0.29) is 11.9 Å². The third-order valence-corrected chi connectivity index (χ3v) is 4.61. The first-order chi connectivity index (χ1) is 12.1. The van der Waals surface area contributed by atoms with Crippen molar-refractivity contribution < 1.29 is 9.59 Å². The Morgan fingerprint density at radius 3 is 2.56 bits per heavy atom. The van der Waals surface area contributed by atoms with E-state index in [2.05, 4.69) is 41.8 Å². The first-order valence-electron chi connectivity index (χ1n) is 8.51. The minimum Gasteiger partial charge on any atom is -0.355 e. The highest BCUT2D eigenvalue weighted by Gasteiger charge is 2.27. The van der Waals surface area contributed by atoms with Gasteiger partial charge in [0.25, 0.3) is 5.91 Å². The number of rotatable bonds is 3. The molecular formula is C20H23N3O2. The first kappa shape index (κ1) is 17.0. The molecule has 2 N–H and O–H groups in total. The average molecular weight is 337 g/mol. The second-order valence-corrected chi connectivity index (χ2v) is 6.43. The van der Waals surface area contributed by atoms with Crippen molar-refractivity contribution in [3.05, 3.63) is 65.2 Å². The molecule has 2 aromatic carbocycles. The molecule has 0 aliphatic carbocycles. The first-order valence-corrected chi connectivity index (χ1v) is 8.51. The highest BCUT2D eigenvalue weighted by atomic mass is 16.2. The molecule has 2 aromatic rings. The number of likely N-dealkylation sites (tertiary alicyclic amines) is 1. The van der Waals surface area contributed by atoms with Gasteiger partial charge in [-0.1, -0.05) is 29.8 Å². The third kappa shape index (κ3) is 3.99. The van der Waals surface area contributed by atoms with Gasteiger partial charge in [0.15, 0.2) is 0 Å². The Morgan fingerprint density at radius 2 is 1.88 bits per heavy atom. The monoisotopic (exact) mass is 337 g/mol. The van der Waals surface area contributed by atoms with Crippen LogP contribution in [0.1, 0.15) is 33.8 Å². The lowest BCUT2D eigenvalue weighted by molar-refractivity contribution is 0.0963. The van der Waals surface area contributed by atoms with Gasteiger partial charge in [-0.3, -0.25) is 4.79 Å². The zero-order valence-electron chi connectivity index (χ0n) is 14.6. The lowest BCUT2D eigenvalue weighted by Crippen LogP contribution is -2.32. The average Bonchev–Trinajstić information content (AvgIpc) is 3.12. The summed E-state index contributed by atoms with van der Waals surface area (Å²) in [6.07, 6.45) is 0.979. The summed E-state index contributed by atoms with van der Waals surface area (Å²) in [7, 11) is 1.59. The molecule has 1 aliphatic heterocycles. The molecule has 0 spiro atoms. The summed E-state index contributed by atoms with van der Waals surface area (Å²) < 4.78 is 0. The molecule has 1 atom stereocenters. The number of anilines is 1. The van der Waals surface area contributed by atoms with E-state index in [0.29, 0.717) is 17.2 Å². The van der Waals surface area contributed by atoms with Crippen molar-refractivity contribution in [1.82, 2.24) is 10.2 Å². The summed E-state index contributed by atoms with van der Waals surface area (Å²) in [4.78, 5) is 25.9. The maximum absolute atomic E-state index is 12.5. The summed E-state index contributed by atoms with van der Waals surface area (Å²) in [5, 5.41) is 5.48. The zero-order valence-corrected chi connectivity index (χ0v) is 14.6. The van der Waals surface area contributed by atoms with Gasteiger partial charge >= 0.3 is 6.03 Å². The quantitative estimate of drug-likeness (QED) is 0.902. The fourth-order valence-electron chi connectivity index (χ4n) is 3.19. The van der Waals surface area contributed by atoms with Crippen molar-refractivity contribution in [2.45, 2.75) is 19.3 Å². The van der Waals surface area contributed by atoms with Gasteiger partial charge in [0.1, 0.15) is 0 Å². The Morgan fingerprint density at radius 1 is 1.12 bits per heavy atom. The fraction of sp³-hybridized carbons (Fsp3) is 0.300. The van der Waals surface area contributed by atoms with Crippen LogP contribution in [0.25, 0.3) is 0 Å². The molecule has 1 aliphatic rings. The molecule has 25 heavy (non-hydrogen) atoms. The van der Waals surface area contributed by atoms with E-state index in [0.717, 1.165) is 19.5 Å². The molecule has 0 aromatic heterocycles. The number of amides is 3. The molecule has 0 bridgehead atoms. The van der Waals surface area contributed by atoms with Crippen molar-refractivity contribution in [1.29, 1.82) is 0 Å². The third-order valence-electron chi connectivity index (χ3n) is 4.61. The molecule has 1 heterocycles. The maximum Gasteiger partial charge on any atom is 0.321 e. The van der Waals surface area contributed by atoms with Gasteiger partial charge in [0, 0.05) is 37.3 Å². The number of benzene rings is 2. The minimum atomic E-state index is -0.140. The molecule has 1 fully saturated rings. The topological polar surface area (TPSA) is 61.4 Å². The predicted molar refractivity (Wildman–Crippen MR) is 99.0 cm³/mol. The Bertz CT molecular complexity index is 771. The summed E-state index contributed by atoms with van der Waals surface area (Å²) in [5.41, 5.74) is 3.81. The number of hydrogen-bond acceptors (Lipinski definition) is 2. The second-order valence-electron chi connectivity index (χ2n) is 6.43. The largest absolute Gasteiger partial charge is 0.355 e. The highest BCUT2D eigenvalue weighted by Crippen LogP contribution is 2.28. The molecule has 5 nitrogen and oxygen atoms in total. The van der Waals surface area contributed by atoms with E-state index in [4.69, 9.17) is 0 Å². The Kier molecular flexibility index (Phi) is 5.03. The van der Waals surface area contributed by atoms with Crippen molar-refractivity contribution >= 4 is 17.6 Å². The van der Waals surface area contributed by atoms with Crippen molar-refractivity contribution in [3.8, 4) is 0 Å². The minimum absolute atomic E-state index is 0.0946. The van der Waals surface area contributed by atoms with E-state index >= 15 is 0 Å². The van der Waals surface area contributed by atoms with Gasteiger partial charge in [-0.15, -0.1) is 0 Å². The summed E-state index contributed by atoms with van der Waals surface area (Å²) >= 11 is 0. The molecule has 1 saturated heterocycles. The van der Waals surface area contributed by atoms with Crippen LogP contribution in [0.15, 0.2) is 48.5 Å². The summed E-state index contributed by atoms with van der Waals surface area (Å²) in [6, 6.07) is 15.3. The number of urea groups is 1. The van der Waals surface area contributed by atoms with E-state index in [1.807, 2.05) is 4.90 Å². The van der Waals surface area contributed by atoms with Crippen LogP contribution in [-0.4, -0.2) is 37.0 Å². The number of hydrogen-bond donors (Lipinski definition) is 2. The SMILES string of the molecule is CNC(=O)c1ccc(NC(=O)N2CCC(c3cccc(C)c3)C2)cc1.